The second-order valence-corrected chi connectivity index (χ2v) is 11.9. The smallest absolute Gasteiger partial charge is 0.220 e. The highest BCUT2D eigenvalue weighted by atomic mass is 16.3. The van der Waals surface area contributed by atoms with Gasteiger partial charge in [0, 0.05) is 6.42 Å². The molecule has 0 fully saturated rings. The molecule has 0 heterocycles. The van der Waals surface area contributed by atoms with Gasteiger partial charge in [-0.15, -0.1) is 0 Å². The average Bonchev–Trinajstić information content (AvgIpc) is 2.96. The maximum absolute atomic E-state index is 12.3. The molecule has 0 bridgehead atoms. The quantitative estimate of drug-likeness (QED) is 0.0580. The van der Waals surface area contributed by atoms with E-state index in [0.29, 0.717) is 12.8 Å². The number of allylic oxidation sites excluding steroid dienone is 4. The van der Waals surface area contributed by atoms with Gasteiger partial charge in [0.25, 0.3) is 0 Å². The minimum Gasteiger partial charge on any atom is -0.394 e. The molecule has 2 atom stereocenters. The Kier molecular flexibility index (Phi) is 31.5. The lowest BCUT2D eigenvalue weighted by Crippen LogP contribution is -2.45. The van der Waals surface area contributed by atoms with Crippen molar-refractivity contribution >= 4 is 5.91 Å². The zero-order chi connectivity index (χ0) is 29.4. The van der Waals surface area contributed by atoms with E-state index in [9.17, 15) is 15.0 Å². The predicted molar refractivity (Wildman–Crippen MR) is 175 cm³/mol. The molecule has 0 radical (unpaired) electrons. The largest absolute Gasteiger partial charge is 0.394 e. The zero-order valence-electron chi connectivity index (χ0n) is 26.9. The van der Waals surface area contributed by atoms with Gasteiger partial charge in [-0.1, -0.05) is 154 Å². The Morgan fingerprint density at radius 1 is 0.600 bits per heavy atom. The molecule has 40 heavy (non-hydrogen) atoms. The van der Waals surface area contributed by atoms with Gasteiger partial charge in [-0.3, -0.25) is 4.79 Å². The Morgan fingerprint density at radius 3 is 1.55 bits per heavy atom. The number of carbonyl (C=O) groups excluding carboxylic acids is 1. The summed E-state index contributed by atoms with van der Waals surface area (Å²) in [5.74, 6) is -0.0420. The van der Waals surface area contributed by atoms with Crippen LogP contribution in [0.2, 0.25) is 0 Å². The van der Waals surface area contributed by atoms with Crippen LogP contribution in [0.4, 0.5) is 0 Å². The third-order valence-electron chi connectivity index (χ3n) is 7.97. The number of aliphatic hydroxyl groups is 2. The summed E-state index contributed by atoms with van der Waals surface area (Å²) >= 11 is 0. The van der Waals surface area contributed by atoms with E-state index in [0.717, 1.165) is 32.1 Å². The molecule has 0 aliphatic carbocycles. The lowest BCUT2D eigenvalue weighted by molar-refractivity contribution is -0.123. The third-order valence-corrected chi connectivity index (χ3v) is 7.97. The number of carbonyl (C=O) groups is 1. The van der Waals surface area contributed by atoms with Gasteiger partial charge < -0.3 is 15.5 Å². The van der Waals surface area contributed by atoms with Crippen LogP contribution in [-0.2, 0) is 4.79 Å². The van der Waals surface area contributed by atoms with E-state index in [-0.39, 0.29) is 12.5 Å². The highest BCUT2D eigenvalue weighted by molar-refractivity contribution is 5.76. The highest BCUT2D eigenvalue weighted by Gasteiger charge is 2.19. The molecule has 0 saturated heterocycles. The summed E-state index contributed by atoms with van der Waals surface area (Å²) < 4.78 is 0. The molecule has 236 valence electrons. The minimum atomic E-state index is -0.658. The van der Waals surface area contributed by atoms with E-state index in [1.54, 1.807) is 0 Å². The van der Waals surface area contributed by atoms with Crippen molar-refractivity contribution < 1.29 is 15.0 Å². The molecule has 0 rings (SSSR count). The Morgan fingerprint density at radius 2 is 1.02 bits per heavy atom. The fourth-order valence-corrected chi connectivity index (χ4v) is 5.21. The Hall–Kier alpha value is -1.13. The maximum atomic E-state index is 12.3. The van der Waals surface area contributed by atoms with Gasteiger partial charge in [-0.25, -0.2) is 0 Å². The van der Waals surface area contributed by atoms with Crippen molar-refractivity contribution in [2.45, 2.75) is 193 Å². The topological polar surface area (TPSA) is 69.6 Å². The summed E-state index contributed by atoms with van der Waals surface area (Å²) in [6.07, 6.45) is 39.3. The lowest BCUT2D eigenvalue weighted by atomic mass is 10.0. The van der Waals surface area contributed by atoms with Crippen LogP contribution < -0.4 is 5.32 Å². The van der Waals surface area contributed by atoms with Gasteiger partial charge in [0.05, 0.1) is 18.8 Å². The number of nitrogens with one attached hydrogen (secondary N) is 1. The molecular formula is C36H69NO3. The number of unbranched alkanes of at least 4 members (excludes halogenated alkanes) is 20. The van der Waals surface area contributed by atoms with Crippen LogP contribution in [0.3, 0.4) is 0 Å². The van der Waals surface area contributed by atoms with Gasteiger partial charge in [-0.2, -0.15) is 0 Å². The molecule has 4 heteroatoms. The first-order valence-electron chi connectivity index (χ1n) is 17.5. The summed E-state index contributed by atoms with van der Waals surface area (Å²) in [5, 5.41) is 23.0. The zero-order valence-corrected chi connectivity index (χ0v) is 26.9. The van der Waals surface area contributed by atoms with Crippen molar-refractivity contribution in [3.63, 3.8) is 0 Å². The van der Waals surface area contributed by atoms with Crippen LogP contribution in [0.5, 0.6) is 0 Å². The number of hydrogen-bond donors (Lipinski definition) is 3. The fourth-order valence-electron chi connectivity index (χ4n) is 5.21. The second kappa shape index (κ2) is 32.4. The van der Waals surface area contributed by atoms with Crippen molar-refractivity contribution in [2.75, 3.05) is 6.61 Å². The van der Waals surface area contributed by atoms with Gasteiger partial charge >= 0.3 is 0 Å². The molecular weight excluding hydrogens is 494 g/mol. The first-order chi connectivity index (χ1) is 19.7. The molecule has 4 nitrogen and oxygen atoms in total. The van der Waals surface area contributed by atoms with Crippen LogP contribution in [0.1, 0.15) is 181 Å². The van der Waals surface area contributed by atoms with Crippen molar-refractivity contribution in [1.29, 1.82) is 0 Å². The van der Waals surface area contributed by atoms with Crippen LogP contribution in [0, 0.1) is 0 Å². The Labute approximate surface area is 249 Å². The summed E-state index contributed by atoms with van der Waals surface area (Å²) in [4.78, 5) is 12.3. The van der Waals surface area contributed by atoms with E-state index in [1.807, 2.05) is 0 Å². The number of rotatable bonds is 31. The fraction of sp³-hybridized carbons (Fsp3) is 0.861. The molecule has 0 spiro atoms. The third kappa shape index (κ3) is 28.4. The SMILES string of the molecule is CCCCC/C=C\C/C=C\CCCCCCCCCC(=O)NC(CO)C(O)CCCCCCCCCCCCC. The Balaban J connectivity index is 3.59. The van der Waals surface area contributed by atoms with Crippen molar-refractivity contribution in [2.24, 2.45) is 0 Å². The minimum absolute atomic E-state index is 0.0420. The molecule has 3 N–H and O–H groups in total. The number of amides is 1. The number of hydrogen-bond acceptors (Lipinski definition) is 3. The molecule has 0 aromatic rings. The molecule has 0 saturated carbocycles. The average molecular weight is 564 g/mol. The molecule has 0 aliphatic heterocycles. The Bertz CT molecular complexity index is 574. The van der Waals surface area contributed by atoms with Crippen molar-refractivity contribution in [1.82, 2.24) is 5.32 Å². The highest BCUT2D eigenvalue weighted by Crippen LogP contribution is 2.14. The normalized spacial score (nSPS) is 13.4. The van der Waals surface area contributed by atoms with Gasteiger partial charge in [-0.05, 0) is 44.9 Å². The molecule has 0 aliphatic rings. The molecule has 0 aromatic carbocycles. The lowest BCUT2D eigenvalue weighted by Gasteiger charge is -2.22. The molecule has 1 amide bonds. The van der Waals surface area contributed by atoms with Gasteiger partial charge in [0.2, 0.25) is 5.91 Å². The van der Waals surface area contributed by atoms with E-state index in [4.69, 9.17) is 0 Å². The summed E-state index contributed by atoms with van der Waals surface area (Å²) in [6, 6.07) is -0.536. The second-order valence-electron chi connectivity index (χ2n) is 11.9. The summed E-state index contributed by atoms with van der Waals surface area (Å²) in [7, 11) is 0. The predicted octanol–water partition coefficient (Wildman–Crippen LogP) is 10.1. The monoisotopic (exact) mass is 564 g/mol. The maximum Gasteiger partial charge on any atom is 0.220 e. The summed E-state index contributed by atoms with van der Waals surface area (Å²) in [6.45, 7) is 4.31. The van der Waals surface area contributed by atoms with Crippen LogP contribution in [0.25, 0.3) is 0 Å². The van der Waals surface area contributed by atoms with Gasteiger partial charge in [0.15, 0.2) is 0 Å². The standard InChI is InChI=1S/C36H69NO3/c1-3-5-7-9-11-13-15-16-17-18-19-20-22-24-26-28-30-32-36(40)37-34(33-38)35(39)31-29-27-25-23-21-14-12-10-8-6-4-2/h11,13,16-17,34-35,38-39H,3-10,12,14-15,18-33H2,1-2H3,(H,37,40)/b13-11-,17-16-. The van der Waals surface area contributed by atoms with Crippen LogP contribution in [0.15, 0.2) is 24.3 Å². The van der Waals surface area contributed by atoms with Crippen molar-refractivity contribution in [3.05, 3.63) is 24.3 Å². The molecule has 0 aromatic heterocycles. The number of aliphatic hydroxyl groups excluding tert-OH is 2. The van der Waals surface area contributed by atoms with Crippen LogP contribution in [-0.4, -0.2) is 34.9 Å². The van der Waals surface area contributed by atoms with E-state index in [2.05, 4.69) is 43.5 Å². The summed E-state index contributed by atoms with van der Waals surface area (Å²) in [5.41, 5.74) is 0. The van der Waals surface area contributed by atoms with Crippen LogP contribution >= 0.6 is 0 Å². The molecule has 2 unspecified atom stereocenters. The van der Waals surface area contributed by atoms with E-state index >= 15 is 0 Å². The van der Waals surface area contributed by atoms with E-state index < -0.39 is 12.1 Å². The van der Waals surface area contributed by atoms with E-state index in [1.165, 1.54) is 122 Å². The van der Waals surface area contributed by atoms with Gasteiger partial charge in [0.1, 0.15) is 0 Å². The first-order valence-corrected chi connectivity index (χ1v) is 17.5. The first kappa shape index (κ1) is 38.9. The van der Waals surface area contributed by atoms with Crippen molar-refractivity contribution in [3.8, 4) is 0 Å².